The average molecular weight is 289 g/mol. The maximum atomic E-state index is 11.8. The first kappa shape index (κ1) is 14.5. The van der Waals surface area contributed by atoms with Gasteiger partial charge in [0.05, 0.1) is 5.69 Å². The molecule has 0 saturated heterocycles. The molecule has 1 aromatic carbocycles. The normalized spacial score (nSPS) is 10.5. The van der Waals surface area contributed by atoms with Crippen molar-refractivity contribution in [1.82, 2.24) is 4.98 Å². The molecule has 0 aliphatic heterocycles. The molecule has 2 aromatic rings. The van der Waals surface area contributed by atoms with Gasteiger partial charge in [-0.3, -0.25) is 4.79 Å². The fraction of sp³-hybridized carbons (Fsp3) is 0.333. The van der Waals surface area contributed by atoms with Crippen LogP contribution in [0.3, 0.4) is 0 Å². The standard InChI is InChI=1S/C15H19N3OS/c1-10-6-8-12(9-7-10)4-3-5-13(19)18-15-17-11(2)14(16)20-15/h6-9H,3-5,16H2,1-2H3,(H,17,18,19). The number of nitrogens with two attached hydrogens (primary N) is 1. The van der Waals surface area contributed by atoms with Crippen LogP contribution in [-0.4, -0.2) is 10.9 Å². The summed E-state index contributed by atoms with van der Waals surface area (Å²) in [7, 11) is 0. The van der Waals surface area contributed by atoms with Crippen molar-refractivity contribution in [2.45, 2.75) is 33.1 Å². The second-order valence-corrected chi connectivity index (χ2v) is 5.89. The predicted molar refractivity (Wildman–Crippen MR) is 84.0 cm³/mol. The number of aromatic nitrogens is 1. The van der Waals surface area contributed by atoms with Crippen LogP contribution in [0, 0.1) is 13.8 Å². The van der Waals surface area contributed by atoms with Crippen LogP contribution in [0.4, 0.5) is 10.1 Å². The molecule has 4 nitrogen and oxygen atoms in total. The molecule has 1 amide bonds. The lowest BCUT2D eigenvalue weighted by Gasteiger charge is -2.03. The zero-order valence-corrected chi connectivity index (χ0v) is 12.6. The molecular formula is C15H19N3OS. The van der Waals surface area contributed by atoms with E-state index in [-0.39, 0.29) is 5.91 Å². The first-order valence-electron chi connectivity index (χ1n) is 6.63. The summed E-state index contributed by atoms with van der Waals surface area (Å²) in [5.74, 6) is -0.00846. The second kappa shape index (κ2) is 6.52. The lowest BCUT2D eigenvalue weighted by atomic mass is 10.1. The Balaban J connectivity index is 1.76. The maximum Gasteiger partial charge on any atom is 0.226 e. The SMILES string of the molecule is Cc1ccc(CCCC(=O)Nc2nc(C)c(N)s2)cc1. The number of nitrogens with zero attached hydrogens (tertiary/aromatic N) is 1. The van der Waals surface area contributed by atoms with Crippen molar-refractivity contribution in [3.05, 3.63) is 41.1 Å². The molecule has 2 rings (SSSR count). The fourth-order valence-electron chi connectivity index (χ4n) is 1.85. The number of nitrogens with one attached hydrogen (secondary N) is 1. The molecule has 0 fully saturated rings. The number of rotatable bonds is 5. The summed E-state index contributed by atoms with van der Waals surface area (Å²) in [4.78, 5) is 16.0. The van der Waals surface area contributed by atoms with Crippen molar-refractivity contribution in [2.75, 3.05) is 11.1 Å². The molecule has 0 bridgehead atoms. The van der Waals surface area contributed by atoms with Gasteiger partial charge in [-0.15, -0.1) is 0 Å². The Hall–Kier alpha value is -1.88. The monoisotopic (exact) mass is 289 g/mol. The number of benzene rings is 1. The van der Waals surface area contributed by atoms with Gasteiger partial charge in [0.1, 0.15) is 5.00 Å². The van der Waals surface area contributed by atoms with Gasteiger partial charge in [-0.1, -0.05) is 41.2 Å². The van der Waals surface area contributed by atoms with Crippen LogP contribution in [0.15, 0.2) is 24.3 Å². The maximum absolute atomic E-state index is 11.8. The van der Waals surface area contributed by atoms with Crippen molar-refractivity contribution < 1.29 is 4.79 Å². The predicted octanol–water partition coefficient (Wildman–Crippen LogP) is 3.30. The third-order valence-corrected chi connectivity index (χ3v) is 3.97. The number of hydrogen-bond acceptors (Lipinski definition) is 4. The van der Waals surface area contributed by atoms with E-state index in [2.05, 4.69) is 41.5 Å². The zero-order valence-electron chi connectivity index (χ0n) is 11.8. The molecule has 20 heavy (non-hydrogen) atoms. The van der Waals surface area contributed by atoms with Crippen LogP contribution >= 0.6 is 11.3 Å². The largest absolute Gasteiger partial charge is 0.389 e. The highest BCUT2D eigenvalue weighted by atomic mass is 32.1. The van der Waals surface area contributed by atoms with Crippen molar-refractivity contribution in [3.63, 3.8) is 0 Å². The van der Waals surface area contributed by atoms with Gasteiger partial charge in [0, 0.05) is 6.42 Å². The van der Waals surface area contributed by atoms with E-state index in [1.54, 1.807) is 0 Å². The molecule has 0 spiro atoms. The summed E-state index contributed by atoms with van der Waals surface area (Å²) in [6, 6.07) is 8.41. The quantitative estimate of drug-likeness (QED) is 0.887. The van der Waals surface area contributed by atoms with Crippen LogP contribution in [0.5, 0.6) is 0 Å². The van der Waals surface area contributed by atoms with Crippen LogP contribution in [0.2, 0.25) is 0 Å². The van der Waals surface area contributed by atoms with Crippen molar-refractivity contribution in [2.24, 2.45) is 0 Å². The molecule has 3 N–H and O–H groups in total. The highest BCUT2D eigenvalue weighted by molar-refractivity contribution is 7.19. The molecule has 5 heteroatoms. The van der Waals surface area contributed by atoms with Gasteiger partial charge < -0.3 is 11.1 Å². The van der Waals surface area contributed by atoms with Gasteiger partial charge in [-0.25, -0.2) is 4.98 Å². The Bertz CT molecular complexity index is 570. The summed E-state index contributed by atoms with van der Waals surface area (Å²) in [6.45, 7) is 3.90. The third-order valence-electron chi connectivity index (χ3n) is 3.07. The van der Waals surface area contributed by atoms with Gasteiger partial charge in [-0.05, 0) is 32.3 Å². The van der Waals surface area contributed by atoms with Crippen LogP contribution in [0.25, 0.3) is 0 Å². The third kappa shape index (κ3) is 4.06. The molecule has 0 unspecified atom stereocenters. The van der Waals surface area contributed by atoms with Crippen molar-refractivity contribution in [3.8, 4) is 0 Å². The average Bonchev–Trinajstić information content (AvgIpc) is 2.70. The number of anilines is 2. The van der Waals surface area contributed by atoms with E-state index in [9.17, 15) is 4.79 Å². The van der Waals surface area contributed by atoms with Crippen LogP contribution < -0.4 is 11.1 Å². The van der Waals surface area contributed by atoms with Gasteiger partial charge in [0.2, 0.25) is 5.91 Å². The molecular weight excluding hydrogens is 270 g/mol. The summed E-state index contributed by atoms with van der Waals surface area (Å²) >= 11 is 1.31. The summed E-state index contributed by atoms with van der Waals surface area (Å²) in [5, 5.41) is 4.02. The minimum atomic E-state index is -0.00846. The number of aryl methyl sites for hydroxylation is 3. The molecule has 1 aromatic heterocycles. The second-order valence-electron chi connectivity index (χ2n) is 4.86. The highest BCUT2D eigenvalue weighted by Crippen LogP contribution is 2.24. The molecule has 106 valence electrons. The van der Waals surface area contributed by atoms with Gasteiger partial charge in [0.15, 0.2) is 5.13 Å². The molecule has 0 saturated carbocycles. The minimum absolute atomic E-state index is 0.00846. The van der Waals surface area contributed by atoms with E-state index < -0.39 is 0 Å². The smallest absolute Gasteiger partial charge is 0.226 e. The summed E-state index contributed by atoms with van der Waals surface area (Å²) in [6.07, 6.45) is 2.23. The first-order chi connectivity index (χ1) is 9.54. The van der Waals surface area contributed by atoms with Crippen molar-refractivity contribution in [1.29, 1.82) is 0 Å². The van der Waals surface area contributed by atoms with E-state index in [0.29, 0.717) is 16.6 Å². The first-order valence-corrected chi connectivity index (χ1v) is 7.44. The number of hydrogen-bond donors (Lipinski definition) is 2. The number of thiazole rings is 1. The Morgan fingerprint density at radius 3 is 2.60 bits per heavy atom. The van der Waals surface area contributed by atoms with Gasteiger partial charge >= 0.3 is 0 Å². The summed E-state index contributed by atoms with van der Waals surface area (Å²) in [5.41, 5.74) is 8.99. The zero-order chi connectivity index (χ0) is 14.5. The lowest BCUT2D eigenvalue weighted by molar-refractivity contribution is -0.116. The van der Waals surface area contributed by atoms with Gasteiger partial charge in [0.25, 0.3) is 0 Å². The molecule has 0 aliphatic rings. The molecule has 0 atom stereocenters. The van der Waals surface area contributed by atoms with E-state index in [1.807, 2.05) is 6.92 Å². The number of amides is 1. The molecule has 0 aliphatic carbocycles. The van der Waals surface area contributed by atoms with E-state index in [4.69, 9.17) is 5.73 Å². The lowest BCUT2D eigenvalue weighted by Crippen LogP contribution is -2.11. The molecule has 0 radical (unpaired) electrons. The number of carbonyl (C=O) groups excluding carboxylic acids is 1. The van der Waals surface area contributed by atoms with E-state index >= 15 is 0 Å². The number of carbonyl (C=O) groups is 1. The topological polar surface area (TPSA) is 68.0 Å². The Kier molecular flexibility index (Phi) is 4.74. The Morgan fingerprint density at radius 1 is 1.30 bits per heavy atom. The van der Waals surface area contributed by atoms with E-state index in [0.717, 1.165) is 18.5 Å². The molecule has 1 heterocycles. The highest BCUT2D eigenvalue weighted by Gasteiger charge is 2.08. The van der Waals surface area contributed by atoms with E-state index in [1.165, 1.54) is 22.5 Å². The Morgan fingerprint density at radius 2 is 2.00 bits per heavy atom. The van der Waals surface area contributed by atoms with Crippen LogP contribution in [-0.2, 0) is 11.2 Å². The minimum Gasteiger partial charge on any atom is -0.389 e. The summed E-state index contributed by atoms with van der Waals surface area (Å²) < 4.78 is 0. The van der Waals surface area contributed by atoms with Gasteiger partial charge in [-0.2, -0.15) is 0 Å². The fourth-order valence-corrected chi connectivity index (χ4v) is 2.60. The van der Waals surface area contributed by atoms with Crippen LogP contribution in [0.1, 0.15) is 29.7 Å². The Labute approximate surface area is 123 Å². The number of nitrogen functional groups attached to an aromatic ring is 1. The van der Waals surface area contributed by atoms with Crippen molar-refractivity contribution >= 4 is 27.4 Å².